The fourth-order valence-corrected chi connectivity index (χ4v) is 7.09. The lowest BCUT2D eigenvalue weighted by Gasteiger charge is -2.37. The molecule has 1 aromatic heterocycles. The smallest absolute Gasteiger partial charge is 0.340 e. The molecule has 5 nitrogen and oxygen atoms in total. The third kappa shape index (κ3) is 3.55. The molecule has 210 valence electrons. The fraction of sp³-hybridized carbons (Fsp3) is 0.108. The molecule has 0 radical (unpaired) electrons. The van der Waals surface area contributed by atoms with E-state index in [2.05, 4.69) is 53.6 Å². The highest BCUT2D eigenvalue weighted by Gasteiger charge is 2.53. The number of halogens is 1. The van der Waals surface area contributed by atoms with Crippen molar-refractivity contribution < 1.29 is 14.3 Å². The Labute approximate surface area is 254 Å². The predicted octanol–water partition coefficient (Wildman–Crippen LogP) is 9.66. The molecule has 5 aromatic carbocycles. The van der Waals surface area contributed by atoms with E-state index < -0.39 is 5.60 Å². The van der Waals surface area contributed by atoms with Gasteiger partial charge < -0.3 is 18.9 Å². The molecule has 6 heteroatoms. The maximum Gasteiger partial charge on any atom is 0.340 e. The highest BCUT2D eigenvalue weighted by Crippen LogP contribution is 2.57. The van der Waals surface area contributed by atoms with Crippen LogP contribution < -0.4 is 9.64 Å². The number of para-hydroxylation sites is 3. The summed E-state index contributed by atoms with van der Waals surface area (Å²) in [5.74, 6) is 0.948. The molecule has 8 rings (SSSR count). The van der Waals surface area contributed by atoms with Crippen molar-refractivity contribution in [2.24, 2.45) is 0 Å². The number of rotatable bonds is 4. The first kappa shape index (κ1) is 25.7. The second kappa shape index (κ2) is 9.51. The van der Waals surface area contributed by atoms with Crippen molar-refractivity contribution in [2.45, 2.75) is 26.0 Å². The molecule has 2 aliphatic rings. The van der Waals surface area contributed by atoms with Crippen LogP contribution in [0.15, 0.2) is 115 Å². The number of carbonyl (C=O) groups is 1. The van der Waals surface area contributed by atoms with Gasteiger partial charge in [0.15, 0.2) is 5.60 Å². The number of esters is 1. The Bertz CT molecular complexity index is 2100. The summed E-state index contributed by atoms with van der Waals surface area (Å²) in [5, 5.41) is 1.75. The molecule has 1 spiro atoms. The lowest BCUT2D eigenvalue weighted by Crippen LogP contribution is -2.33. The van der Waals surface area contributed by atoms with Gasteiger partial charge in [0.2, 0.25) is 0 Å². The van der Waals surface area contributed by atoms with Gasteiger partial charge in [-0.2, -0.15) is 0 Å². The molecule has 0 saturated heterocycles. The molecular formula is C37H27ClN2O3. The molecule has 6 aromatic rings. The van der Waals surface area contributed by atoms with E-state index in [1.807, 2.05) is 84.9 Å². The number of nitrogens with zero attached hydrogens (tertiary/aromatic N) is 2. The average molecular weight is 583 g/mol. The Hall–Kier alpha value is -5.00. The van der Waals surface area contributed by atoms with E-state index in [1.54, 1.807) is 0 Å². The minimum Gasteiger partial charge on any atom is -0.456 e. The summed E-state index contributed by atoms with van der Waals surface area (Å²) in [6.07, 6.45) is 0. The number of anilines is 3. The predicted molar refractivity (Wildman–Crippen MR) is 170 cm³/mol. The van der Waals surface area contributed by atoms with Gasteiger partial charge >= 0.3 is 5.97 Å². The number of hydrogen-bond donors (Lipinski definition) is 0. The molecular weight excluding hydrogens is 556 g/mol. The minimum atomic E-state index is -1.16. The fourth-order valence-electron chi connectivity index (χ4n) is 6.87. The van der Waals surface area contributed by atoms with Gasteiger partial charge in [-0.25, -0.2) is 4.79 Å². The summed E-state index contributed by atoms with van der Waals surface area (Å²) in [6.45, 7) is 5.14. The van der Waals surface area contributed by atoms with Crippen LogP contribution in [0.25, 0.3) is 10.9 Å². The van der Waals surface area contributed by atoms with Gasteiger partial charge in [0, 0.05) is 40.0 Å². The molecule has 1 unspecified atom stereocenters. The maximum absolute atomic E-state index is 13.4. The van der Waals surface area contributed by atoms with E-state index in [0.29, 0.717) is 22.1 Å². The number of ether oxygens (including phenoxy) is 2. The standard InChI is InChI=1S/C37H27ClN2O3/c1-3-39-23(2)35(26-13-5-9-17-31(26)39)40(32-18-10-8-16-30(32)38)24-20-21-34-29(22-24)37(28-15-7-11-19-33(28)42-34)27-14-6-4-12-25(27)36(41)43-37/h4-22H,3H2,1-2H3. The minimum absolute atomic E-state index is 0.353. The largest absolute Gasteiger partial charge is 0.456 e. The number of carbonyl (C=O) groups excluding carboxylic acids is 1. The van der Waals surface area contributed by atoms with Gasteiger partial charge in [0.25, 0.3) is 0 Å². The number of hydrogen-bond acceptors (Lipinski definition) is 4. The second-order valence-corrected chi connectivity index (χ2v) is 11.3. The summed E-state index contributed by atoms with van der Waals surface area (Å²) in [6, 6.07) is 37.8. The van der Waals surface area contributed by atoms with Crippen LogP contribution in [0.3, 0.4) is 0 Å². The van der Waals surface area contributed by atoms with Crippen molar-refractivity contribution in [2.75, 3.05) is 4.90 Å². The van der Waals surface area contributed by atoms with Crippen LogP contribution in [-0.4, -0.2) is 10.5 Å². The van der Waals surface area contributed by atoms with E-state index in [0.717, 1.165) is 56.9 Å². The van der Waals surface area contributed by atoms with E-state index in [9.17, 15) is 4.79 Å². The van der Waals surface area contributed by atoms with E-state index >= 15 is 0 Å². The summed E-state index contributed by atoms with van der Waals surface area (Å²) >= 11 is 6.94. The number of benzene rings is 5. The monoisotopic (exact) mass is 582 g/mol. The normalized spacial score (nSPS) is 16.4. The Morgan fingerprint density at radius 2 is 1.49 bits per heavy atom. The zero-order valence-electron chi connectivity index (χ0n) is 23.7. The number of aryl methyl sites for hydroxylation is 1. The summed E-state index contributed by atoms with van der Waals surface area (Å²) in [5.41, 5.74) is 6.79. The second-order valence-electron chi connectivity index (χ2n) is 10.9. The van der Waals surface area contributed by atoms with Crippen LogP contribution in [-0.2, 0) is 16.9 Å². The highest BCUT2D eigenvalue weighted by molar-refractivity contribution is 6.33. The van der Waals surface area contributed by atoms with Gasteiger partial charge in [-0.1, -0.05) is 78.3 Å². The Morgan fingerprint density at radius 3 is 2.33 bits per heavy atom. The zero-order chi connectivity index (χ0) is 29.3. The molecule has 3 heterocycles. The quantitative estimate of drug-likeness (QED) is 0.194. The first-order valence-corrected chi connectivity index (χ1v) is 14.8. The first-order valence-electron chi connectivity index (χ1n) is 14.4. The third-order valence-corrected chi connectivity index (χ3v) is 9.01. The molecule has 0 N–H and O–H groups in total. The topological polar surface area (TPSA) is 43.7 Å². The molecule has 0 aliphatic carbocycles. The molecule has 0 saturated carbocycles. The van der Waals surface area contributed by atoms with Crippen molar-refractivity contribution in [1.82, 2.24) is 4.57 Å². The lowest BCUT2D eigenvalue weighted by atomic mass is 9.77. The Kier molecular flexibility index (Phi) is 5.68. The van der Waals surface area contributed by atoms with Crippen molar-refractivity contribution in [1.29, 1.82) is 0 Å². The molecule has 0 amide bonds. The van der Waals surface area contributed by atoms with Gasteiger partial charge in [0.05, 0.1) is 27.5 Å². The van der Waals surface area contributed by atoms with Crippen LogP contribution in [0.1, 0.15) is 39.7 Å². The number of fused-ring (bicyclic) bond motifs is 7. The van der Waals surface area contributed by atoms with Gasteiger partial charge in [0.1, 0.15) is 11.5 Å². The summed E-state index contributed by atoms with van der Waals surface area (Å²) in [7, 11) is 0. The van der Waals surface area contributed by atoms with Crippen molar-refractivity contribution in [3.05, 3.63) is 148 Å². The number of aromatic nitrogens is 1. The maximum atomic E-state index is 13.4. The summed E-state index contributed by atoms with van der Waals surface area (Å²) in [4.78, 5) is 15.6. The Morgan fingerprint density at radius 1 is 0.791 bits per heavy atom. The van der Waals surface area contributed by atoms with Gasteiger partial charge in [-0.3, -0.25) is 0 Å². The van der Waals surface area contributed by atoms with Crippen LogP contribution >= 0.6 is 11.6 Å². The third-order valence-electron chi connectivity index (χ3n) is 8.69. The van der Waals surface area contributed by atoms with Crippen LogP contribution in [0.4, 0.5) is 17.1 Å². The highest BCUT2D eigenvalue weighted by atomic mass is 35.5. The van der Waals surface area contributed by atoms with Gasteiger partial charge in [-0.15, -0.1) is 0 Å². The Balaban J connectivity index is 1.44. The van der Waals surface area contributed by atoms with Crippen LogP contribution in [0.5, 0.6) is 11.5 Å². The average Bonchev–Trinajstić information content (AvgIpc) is 3.49. The van der Waals surface area contributed by atoms with Crippen molar-refractivity contribution in [3.8, 4) is 11.5 Å². The zero-order valence-corrected chi connectivity index (χ0v) is 24.4. The van der Waals surface area contributed by atoms with E-state index in [4.69, 9.17) is 21.1 Å². The molecule has 0 fully saturated rings. The summed E-state index contributed by atoms with van der Waals surface area (Å²) < 4.78 is 15.2. The van der Waals surface area contributed by atoms with Crippen molar-refractivity contribution in [3.63, 3.8) is 0 Å². The molecule has 1 atom stereocenters. The first-order chi connectivity index (χ1) is 21.0. The van der Waals surface area contributed by atoms with Gasteiger partial charge in [-0.05, 0) is 62.4 Å². The van der Waals surface area contributed by atoms with E-state index in [-0.39, 0.29) is 5.97 Å². The molecule has 43 heavy (non-hydrogen) atoms. The van der Waals surface area contributed by atoms with Crippen LogP contribution in [0, 0.1) is 6.92 Å². The van der Waals surface area contributed by atoms with E-state index in [1.165, 1.54) is 0 Å². The van der Waals surface area contributed by atoms with Crippen molar-refractivity contribution >= 4 is 45.5 Å². The SMILES string of the molecule is CCn1c(C)c(N(c2ccc3c(c2)C2(OC(=O)c4ccccc42)c2ccccc2O3)c2ccccc2Cl)c2ccccc21. The van der Waals surface area contributed by atoms with Crippen LogP contribution in [0.2, 0.25) is 5.02 Å². The lowest BCUT2D eigenvalue weighted by molar-refractivity contribution is 0.0224. The molecule has 2 aliphatic heterocycles. The molecule has 0 bridgehead atoms.